The Morgan fingerprint density at radius 1 is 1.10 bits per heavy atom. The van der Waals surface area contributed by atoms with Crippen LogP contribution in [0.4, 0.5) is 0 Å². The van der Waals surface area contributed by atoms with Crippen LogP contribution in [0.2, 0.25) is 0 Å². The summed E-state index contributed by atoms with van der Waals surface area (Å²) in [6, 6.07) is 24.2. The van der Waals surface area contributed by atoms with E-state index in [1.54, 1.807) is 0 Å². The van der Waals surface area contributed by atoms with E-state index in [1.165, 1.54) is 0 Å². The molecule has 0 spiro atoms. The monoisotopic (exact) mass is 408 g/mol. The second-order valence-corrected chi connectivity index (χ2v) is 7.27. The van der Waals surface area contributed by atoms with Gasteiger partial charge in [0, 0.05) is 5.56 Å². The third-order valence-corrected chi connectivity index (χ3v) is 5.53. The molecule has 2 heterocycles. The molecule has 152 valence electrons. The van der Waals surface area contributed by atoms with Gasteiger partial charge in [0.25, 0.3) is 0 Å². The Hall–Kier alpha value is -4.24. The van der Waals surface area contributed by atoms with E-state index in [0.29, 0.717) is 18.1 Å². The SMILES string of the molecule is CCOc1ccc(-c2[nH]nc3c2[C@H](c2cccc4ccccc24)C(C#N)=C(N)O3)cc1. The second-order valence-electron chi connectivity index (χ2n) is 7.27. The number of rotatable bonds is 4. The first-order chi connectivity index (χ1) is 15.2. The van der Waals surface area contributed by atoms with Crippen LogP contribution < -0.4 is 15.2 Å². The number of nitrogens with one attached hydrogen (secondary N) is 1. The molecule has 6 nitrogen and oxygen atoms in total. The number of benzene rings is 3. The number of hydrogen-bond acceptors (Lipinski definition) is 5. The zero-order valence-corrected chi connectivity index (χ0v) is 16.9. The molecule has 6 heteroatoms. The third-order valence-electron chi connectivity index (χ3n) is 5.53. The van der Waals surface area contributed by atoms with Crippen molar-refractivity contribution < 1.29 is 9.47 Å². The smallest absolute Gasteiger partial charge is 0.244 e. The van der Waals surface area contributed by atoms with Crippen molar-refractivity contribution in [3.05, 3.63) is 89.3 Å². The highest BCUT2D eigenvalue weighted by Gasteiger charge is 2.36. The summed E-state index contributed by atoms with van der Waals surface area (Å²) in [6.45, 7) is 2.55. The minimum Gasteiger partial charge on any atom is -0.494 e. The molecule has 1 aromatic heterocycles. The lowest BCUT2D eigenvalue weighted by Crippen LogP contribution is -2.21. The van der Waals surface area contributed by atoms with Crippen molar-refractivity contribution in [2.24, 2.45) is 5.73 Å². The zero-order chi connectivity index (χ0) is 21.4. The lowest BCUT2D eigenvalue weighted by Gasteiger charge is -2.25. The molecular formula is C25H20N4O2. The highest BCUT2D eigenvalue weighted by atomic mass is 16.5. The van der Waals surface area contributed by atoms with Gasteiger partial charge in [0.15, 0.2) is 0 Å². The quantitative estimate of drug-likeness (QED) is 0.503. The Kier molecular flexibility index (Phi) is 4.57. The molecule has 0 radical (unpaired) electrons. The van der Waals surface area contributed by atoms with Crippen molar-refractivity contribution >= 4 is 10.8 Å². The molecule has 5 rings (SSSR count). The van der Waals surface area contributed by atoms with E-state index < -0.39 is 5.92 Å². The van der Waals surface area contributed by atoms with E-state index in [-0.39, 0.29) is 5.88 Å². The van der Waals surface area contributed by atoms with Crippen LogP contribution in [0.5, 0.6) is 11.6 Å². The Morgan fingerprint density at radius 2 is 1.87 bits per heavy atom. The van der Waals surface area contributed by atoms with Gasteiger partial charge in [-0.2, -0.15) is 5.26 Å². The minimum atomic E-state index is -0.403. The number of ether oxygens (including phenoxy) is 2. The number of allylic oxidation sites excluding steroid dienone is 1. The fourth-order valence-corrected chi connectivity index (χ4v) is 4.16. The summed E-state index contributed by atoms with van der Waals surface area (Å²) in [5.74, 6) is 0.861. The number of fused-ring (bicyclic) bond motifs is 2. The molecule has 1 atom stereocenters. The fraction of sp³-hybridized carbons (Fsp3) is 0.120. The van der Waals surface area contributed by atoms with Gasteiger partial charge < -0.3 is 15.2 Å². The normalized spacial score (nSPS) is 15.3. The molecule has 31 heavy (non-hydrogen) atoms. The van der Waals surface area contributed by atoms with Gasteiger partial charge in [0.05, 0.1) is 23.8 Å². The zero-order valence-electron chi connectivity index (χ0n) is 16.9. The van der Waals surface area contributed by atoms with Gasteiger partial charge in [-0.1, -0.05) is 42.5 Å². The van der Waals surface area contributed by atoms with E-state index in [4.69, 9.17) is 15.2 Å². The Morgan fingerprint density at radius 3 is 2.65 bits per heavy atom. The number of nitrogens with zero attached hydrogens (tertiary/aromatic N) is 2. The van der Waals surface area contributed by atoms with Gasteiger partial charge >= 0.3 is 0 Å². The van der Waals surface area contributed by atoms with Crippen LogP contribution in [0.25, 0.3) is 22.0 Å². The van der Waals surface area contributed by atoms with Crippen molar-refractivity contribution in [2.45, 2.75) is 12.8 Å². The second kappa shape index (κ2) is 7.54. The predicted octanol–water partition coefficient (Wildman–Crippen LogP) is 4.85. The van der Waals surface area contributed by atoms with Gasteiger partial charge in [-0.25, -0.2) is 0 Å². The maximum atomic E-state index is 9.97. The van der Waals surface area contributed by atoms with E-state index in [1.807, 2.05) is 55.5 Å². The van der Waals surface area contributed by atoms with E-state index in [0.717, 1.165) is 38.9 Å². The van der Waals surface area contributed by atoms with E-state index in [9.17, 15) is 5.26 Å². The summed E-state index contributed by atoms with van der Waals surface area (Å²) in [5.41, 5.74) is 10.0. The summed E-state index contributed by atoms with van der Waals surface area (Å²) in [6.07, 6.45) is 0. The summed E-state index contributed by atoms with van der Waals surface area (Å²) < 4.78 is 11.3. The van der Waals surface area contributed by atoms with Crippen LogP contribution in [-0.2, 0) is 0 Å². The Bertz CT molecular complexity index is 1340. The molecule has 0 unspecified atom stereocenters. The average Bonchev–Trinajstić information content (AvgIpc) is 3.22. The topological polar surface area (TPSA) is 97.0 Å². The summed E-state index contributed by atoms with van der Waals surface area (Å²) in [7, 11) is 0. The molecule has 0 fully saturated rings. The van der Waals surface area contributed by atoms with Crippen LogP contribution in [-0.4, -0.2) is 16.8 Å². The van der Waals surface area contributed by atoms with Gasteiger partial charge in [-0.05, 0) is 47.5 Å². The standard InChI is InChI=1S/C25H20N4O2/c1-2-30-17-12-10-16(11-13-17)23-22-21(20(14-26)24(27)31-25(22)29-28-23)19-9-5-7-15-6-3-4-8-18(15)19/h3-13,21H,2,27H2,1H3,(H,28,29)/t21-/m1/s1. The molecule has 0 saturated heterocycles. The first-order valence-corrected chi connectivity index (χ1v) is 10.1. The van der Waals surface area contributed by atoms with Crippen molar-refractivity contribution in [1.29, 1.82) is 5.26 Å². The van der Waals surface area contributed by atoms with E-state index in [2.05, 4.69) is 34.5 Å². The van der Waals surface area contributed by atoms with Crippen molar-refractivity contribution in [1.82, 2.24) is 10.2 Å². The molecule has 3 aromatic carbocycles. The molecule has 0 amide bonds. The van der Waals surface area contributed by atoms with Gasteiger partial charge in [0.1, 0.15) is 17.4 Å². The van der Waals surface area contributed by atoms with Crippen molar-refractivity contribution in [3.63, 3.8) is 0 Å². The fourth-order valence-electron chi connectivity index (χ4n) is 4.16. The molecule has 3 N–H and O–H groups in total. The predicted molar refractivity (Wildman–Crippen MR) is 118 cm³/mol. The molecule has 1 aliphatic heterocycles. The Labute approximate surface area is 179 Å². The third kappa shape index (κ3) is 3.08. The highest BCUT2D eigenvalue weighted by molar-refractivity contribution is 5.88. The maximum Gasteiger partial charge on any atom is 0.244 e. The summed E-state index contributed by atoms with van der Waals surface area (Å²) in [5, 5.41) is 19.6. The number of H-pyrrole nitrogens is 1. The number of nitriles is 1. The van der Waals surface area contributed by atoms with Crippen LogP contribution in [0, 0.1) is 11.3 Å². The summed E-state index contributed by atoms with van der Waals surface area (Å²) >= 11 is 0. The van der Waals surface area contributed by atoms with Crippen molar-refractivity contribution in [3.8, 4) is 29.0 Å². The first kappa shape index (κ1) is 18.8. The van der Waals surface area contributed by atoms with Gasteiger partial charge in [0.2, 0.25) is 11.8 Å². The largest absolute Gasteiger partial charge is 0.494 e. The van der Waals surface area contributed by atoms with Crippen LogP contribution >= 0.6 is 0 Å². The van der Waals surface area contributed by atoms with Gasteiger partial charge in [-0.3, -0.25) is 5.10 Å². The molecular weight excluding hydrogens is 388 g/mol. The first-order valence-electron chi connectivity index (χ1n) is 10.1. The van der Waals surface area contributed by atoms with E-state index >= 15 is 0 Å². The van der Waals surface area contributed by atoms with Crippen LogP contribution in [0.1, 0.15) is 24.0 Å². The Balaban J connectivity index is 1.73. The summed E-state index contributed by atoms with van der Waals surface area (Å²) in [4.78, 5) is 0. The minimum absolute atomic E-state index is 0.0812. The number of nitrogens with two attached hydrogens (primary N) is 1. The highest BCUT2D eigenvalue weighted by Crippen LogP contribution is 2.47. The molecule has 0 saturated carbocycles. The van der Waals surface area contributed by atoms with Crippen molar-refractivity contribution in [2.75, 3.05) is 6.61 Å². The number of hydrogen-bond donors (Lipinski definition) is 2. The molecule has 4 aromatic rings. The molecule has 1 aliphatic rings. The average molecular weight is 408 g/mol. The number of aromatic amines is 1. The number of aromatic nitrogens is 2. The lowest BCUT2D eigenvalue weighted by molar-refractivity contribution is 0.340. The van der Waals surface area contributed by atoms with Crippen LogP contribution in [0.3, 0.4) is 0 Å². The maximum absolute atomic E-state index is 9.97. The molecule has 0 bridgehead atoms. The lowest BCUT2D eigenvalue weighted by atomic mass is 9.81. The van der Waals surface area contributed by atoms with Crippen LogP contribution in [0.15, 0.2) is 78.2 Å². The molecule has 0 aliphatic carbocycles. The van der Waals surface area contributed by atoms with Gasteiger partial charge in [-0.15, -0.1) is 5.10 Å².